The van der Waals surface area contributed by atoms with Crippen LogP contribution in [0.5, 0.6) is 0 Å². The fourth-order valence-electron chi connectivity index (χ4n) is 5.38. The number of hydrogen-bond acceptors (Lipinski definition) is 0. The highest BCUT2D eigenvalue weighted by molar-refractivity contribution is 4.65. The van der Waals surface area contributed by atoms with Gasteiger partial charge in [-0.1, -0.05) is 193 Å². The summed E-state index contributed by atoms with van der Waals surface area (Å²) in [4.78, 5) is 0. The van der Waals surface area contributed by atoms with Crippen molar-refractivity contribution in [1.29, 1.82) is 0 Å². The van der Waals surface area contributed by atoms with E-state index in [0.717, 1.165) is 5.92 Å². The van der Waals surface area contributed by atoms with E-state index in [0.29, 0.717) is 0 Å². The van der Waals surface area contributed by atoms with Crippen molar-refractivity contribution in [3.05, 3.63) is 12.7 Å². The molecular formula is C34H68. The Kier molecular flexibility index (Phi) is 30.5. The smallest absolute Gasteiger partial charge is 0.0353 e. The van der Waals surface area contributed by atoms with Gasteiger partial charge in [0, 0.05) is 0 Å². The average molecular weight is 477 g/mol. The van der Waals surface area contributed by atoms with Crippen LogP contribution in [-0.4, -0.2) is 0 Å². The highest BCUT2D eigenvalue weighted by Crippen LogP contribution is 2.19. The second-order valence-electron chi connectivity index (χ2n) is 11.6. The van der Waals surface area contributed by atoms with Gasteiger partial charge in [-0.15, -0.1) is 6.58 Å². The molecule has 34 heavy (non-hydrogen) atoms. The van der Waals surface area contributed by atoms with E-state index in [1.165, 1.54) is 186 Å². The largest absolute Gasteiger partial charge is 0.103 e. The topological polar surface area (TPSA) is 0 Å². The molecule has 0 amide bonds. The maximum atomic E-state index is 3.80. The lowest BCUT2D eigenvalue weighted by atomic mass is 9.95. The molecule has 204 valence electrons. The minimum atomic E-state index is 0.958. The maximum Gasteiger partial charge on any atom is -0.0353 e. The Labute approximate surface area is 218 Å². The summed E-state index contributed by atoms with van der Waals surface area (Å²) in [5.74, 6) is 0.958. The minimum Gasteiger partial charge on any atom is -0.103 e. The van der Waals surface area contributed by atoms with Crippen molar-refractivity contribution < 1.29 is 0 Å². The van der Waals surface area contributed by atoms with Crippen molar-refractivity contribution in [2.45, 2.75) is 200 Å². The van der Waals surface area contributed by atoms with Gasteiger partial charge >= 0.3 is 0 Å². The van der Waals surface area contributed by atoms with Crippen LogP contribution in [0.2, 0.25) is 0 Å². The molecule has 0 saturated heterocycles. The van der Waals surface area contributed by atoms with Crippen LogP contribution in [0, 0.1) is 5.92 Å². The molecule has 0 aliphatic rings. The molecule has 0 nitrogen and oxygen atoms in total. The quantitative estimate of drug-likeness (QED) is 0.0714. The van der Waals surface area contributed by atoms with E-state index in [-0.39, 0.29) is 0 Å². The van der Waals surface area contributed by atoms with Crippen LogP contribution >= 0.6 is 0 Å². The molecule has 0 saturated carbocycles. The predicted molar refractivity (Wildman–Crippen MR) is 159 cm³/mol. The molecule has 0 spiro atoms. The van der Waals surface area contributed by atoms with Gasteiger partial charge in [-0.25, -0.2) is 0 Å². The van der Waals surface area contributed by atoms with Gasteiger partial charge in [0.2, 0.25) is 0 Å². The Morgan fingerprint density at radius 3 is 0.971 bits per heavy atom. The lowest BCUT2D eigenvalue weighted by Gasteiger charge is -2.11. The molecular weight excluding hydrogens is 408 g/mol. The monoisotopic (exact) mass is 477 g/mol. The standard InChI is InChI=1S/C34H68/c1-4-6-8-10-12-14-16-17-18-19-20-21-22-23-25-27-29-31-33-34(3)32-30-28-26-24-15-13-11-9-7-5-2/h5,34H,2,4,6-33H2,1,3H3. The van der Waals surface area contributed by atoms with Gasteiger partial charge in [-0.3, -0.25) is 0 Å². The summed E-state index contributed by atoms with van der Waals surface area (Å²) in [6.45, 7) is 8.60. The molecule has 0 heteroatoms. The van der Waals surface area contributed by atoms with Crippen molar-refractivity contribution >= 4 is 0 Å². The molecule has 1 unspecified atom stereocenters. The molecule has 0 N–H and O–H groups in total. The van der Waals surface area contributed by atoms with Gasteiger partial charge in [0.25, 0.3) is 0 Å². The first-order chi connectivity index (χ1) is 16.8. The van der Waals surface area contributed by atoms with Crippen LogP contribution in [0.25, 0.3) is 0 Å². The van der Waals surface area contributed by atoms with Crippen LogP contribution in [-0.2, 0) is 0 Å². The molecule has 0 rings (SSSR count). The third-order valence-corrected chi connectivity index (χ3v) is 7.91. The molecule has 0 aromatic carbocycles. The van der Waals surface area contributed by atoms with E-state index < -0.39 is 0 Å². The molecule has 0 fully saturated rings. The lowest BCUT2D eigenvalue weighted by molar-refractivity contribution is 0.430. The van der Waals surface area contributed by atoms with E-state index in [4.69, 9.17) is 0 Å². The second kappa shape index (κ2) is 30.8. The zero-order valence-electron chi connectivity index (χ0n) is 24.4. The summed E-state index contributed by atoms with van der Waals surface area (Å²) >= 11 is 0. The van der Waals surface area contributed by atoms with Crippen LogP contribution in [0.3, 0.4) is 0 Å². The lowest BCUT2D eigenvalue weighted by Crippen LogP contribution is -1.95. The van der Waals surface area contributed by atoms with E-state index in [1.54, 1.807) is 0 Å². The predicted octanol–water partition coefficient (Wildman–Crippen LogP) is 13.1. The zero-order valence-corrected chi connectivity index (χ0v) is 24.4. The van der Waals surface area contributed by atoms with Crippen LogP contribution < -0.4 is 0 Å². The molecule has 0 aliphatic carbocycles. The summed E-state index contributed by atoms with van der Waals surface area (Å²) < 4.78 is 0. The van der Waals surface area contributed by atoms with Gasteiger partial charge in [0.15, 0.2) is 0 Å². The fraction of sp³-hybridized carbons (Fsp3) is 0.941. The van der Waals surface area contributed by atoms with Gasteiger partial charge < -0.3 is 0 Å². The zero-order chi connectivity index (χ0) is 24.8. The number of allylic oxidation sites excluding steroid dienone is 1. The summed E-state index contributed by atoms with van der Waals surface area (Å²) in [6.07, 6.45) is 44.3. The third kappa shape index (κ3) is 29.8. The summed E-state index contributed by atoms with van der Waals surface area (Å²) in [5, 5.41) is 0. The molecule has 1 atom stereocenters. The van der Waals surface area contributed by atoms with Crippen molar-refractivity contribution in [3.8, 4) is 0 Å². The van der Waals surface area contributed by atoms with Crippen molar-refractivity contribution in [1.82, 2.24) is 0 Å². The van der Waals surface area contributed by atoms with Crippen LogP contribution in [0.1, 0.15) is 200 Å². The van der Waals surface area contributed by atoms with E-state index in [1.807, 2.05) is 0 Å². The number of hydrogen-bond donors (Lipinski definition) is 0. The number of unbranched alkanes of at least 4 members (excludes halogenated alkanes) is 25. The number of rotatable bonds is 30. The highest BCUT2D eigenvalue weighted by Gasteiger charge is 2.02. The molecule has 0 radical (unpaired) electrons. The highest BCUT2D eigenvalue weighted by atomic mass is 14.1. The first kappa shape index (κ1) is 33.7. The Bertz CT molecular complexity index is 357. The van der Waals surface area contributed by atoms with E-state index in [2.05, 4.69) is 26.5 Å². The Morgan fingerprint density at radius 2 is 0.676 bits per heavy atom. The summed E-state index contributed by atoms with van der Waals surface area (Å²) in [7, 11) is 0. The fourth-order valence-corrected chi connectivity index (χ4v) is 5.38. The first-order valence-corrected chi connectivity index (χ1v) is 16.4. The normalized spacial score (nSPS) is 12.3. The maximum absolute atomic E-state index is 3.80. The van der Waals surface area contributed by atoms with Gasteiger partial charge in [-0.2, -0.15) is 0 Å². The van der Waals surface area contributed by atoms with Crippen LogP contribution in [0.4, 0.5) is 0 Å². The summed E-state index contributed by atoms with van der Waals surface area (Å²) in [5.41, 5.74) is 0. The second-order valence-corrected chi connectivity index (χ2v) is 11.6. The average Bonchev–Trinajstić information content (AvgIpc) is 2.84. The van der Waals surface area contributed by atoms with Crippen molar-refractivity contribution in [2.75, 3.05) is 0 Å². The van der Waals surface area contributed by atoms with Gasteiger partial charge in [-0.05, 0) is 18.8 Å². The molecule has 0 aromatic rings. The molecule has 0 bridgehead atoms. The summed E-state index contributed by atoms with van der Waals surface area (Å²) in [6, 6.07) is 0. The SMILES string of the molecule is C=CCCCCCCCCCCC(C)CCCCCCCCCCCCCCCCCCCC. The van der Waals surface area contributed by atoms with Crippen molar-refractivity contribution in [3.63, 3.8) is 0 Å². The molecule has 0 heterocycles. The Hall–Kier alpha value is -0.260. The van der Waals surface area contributed by atoms with E-state index >= 15 is 0 Å². The third-order valence-electron chi connectivity index (χ3n) is 7.91. The molecule has 0 aliphatic heterocycles. The Balaban J connectivity index is 3.12. The van der Waals surface area contributed by atoms with Crippen molar-refractivity contribution in [2.24, 2.45) is 5.92 Å². The minimum absolute atomic E-state index is 0.958. The van der Waals surface area contributed by atoms with E-state index in [9.17, 15) is 0 Å². The Morgan fingerprint density at radius 1 is 0.412 bits per heavy atom. The van der Waals surface area contributed by atoms with Crippen LogP contribution in [0.15, 0.2) is 12.7 Å². The van der Waals surface area contributed by atoms with Gasteiger partial charge in [0.1, 0.15) is 0 Å². The first-order valence-electron chi connectivity index (χ1n) is 16.4. The van der Waals surface area contributed by atoms with Gasteiger partial charge in [0.05, 0.1) is 0 Å². The molecule has 0 aromatic heterocycles.